The zero-order valence-corrected chi connectivity index (χ0v) is 17.5. The summed E-state index contributed by atoms with van der Waals surface area (Å²) in [5, 5.41) is 33.8. The van der Waals surface area contributed by atoms with Crippen molar-refractivity contribution >= 4 is 29.7 Å². The summed E-state index contributed by atoms with van der Waals surface area (Å²) in [5.41, 5.74) is 5.72. The van der Waals surface area contributed by atoms with Gasteiger partial charge in [-0.25, -0.2) is 4.79 Å². The Morgan fingerprint density at radius 1 is 0.800 bits per heavy atom. The van der Waals surface area contributed by atoms with Crippen molar-refractivity contribution in [3.8, 4) is 0 Å². The van der Waals surface area contributed by atoms with E-state index >= 15 is 0 Å². The van der Waals surface area contributed by atoms with E-state index < -0.39 is 66.9 Å². The minimum Gasteiger partial charge on any atom is -0.481 e. The molecule has 0 rings (SSSR count). The monoisotopic (exact) mass is 432 g/mol. The number of nitrogens with two attached hydrogens (primary N) is 1. The van der Waals surface area contributed by atoms with E-state index in [1.807, 2.05) is 0 Å². The predicted octanol–water partition coefficient (Wildman–Crippen LogP) is -1.98. The minimum absolute atomic E-state index is 0.0969. The van der Waals surface area contributed by atoms with Crippen molar-refractivity contribution in [2.24, 2.45) is 17.6 Å². The number of carbonyl (C=O) groups is 5. The number of hydrogen-bond donors (Lipinski definition) is 7. The van der Waals surface area contributed by atoms with E-state index in [-0.39, 0.29) is 18.3 Å². The SMILES string of the molecule is CC(C)CC(NC(=O)C(CC(=O)O)NC(=O)C(N)C(C)C)C(=O)NC(CO)C(=O)O. The van der Waals surface area contributed by atoms with Gasteiger partial charge in [0.05, 0.1) is 19.1 Å². The van der Waals surface area contributed by atoms with Gasteiger partial charge in [0.15, 0.2) is 0 Å². The summed E-state index contributed by atoms with van der Waals surface area (Å²) in [6, 6.07) is -5.24. The van der Waals surface area contributed by atoms with Crippen molar-refractivity contribution in [1.82, 2.24) is 16.0 Å². The first-order valence-corrected chi connectivity index (χ1v) is 9.52. The van der Waals surface area contributed by atoms with Crippen LogP contribution in [-0.2, 0) is 24.0 Å². The number of nitrogens with one attached hydrogen (secondary N) is 3. The Kier molecular flexibility index (Phi) is 11.6. The molecule has 8 N–H and O–H groups in total. The fraction of sp³-hybridized carbons (Fsp3) is 0.722. The third-order valence-corrected chi connectivity index (χ3v) is 4.17. The zero-order chi connectivity index (χ0) is 23.6. The maximum absolute atomic E-state index is 12.6. The molecule has 12 nitrogen and oxygen atoms in total. The Balaban J connectivity index is 5.45. The maximum Gasteiger partial charge on any atom is 0.328 e. The molecule has 0 fully saturated rings. The summed E-state index contributed by atoms with van der Waals surface area (Å²) in [7, 11) is 0. The predicted molar refractivity (Wildman–Crippen MR) is 105 cm³/mol. The average molecular weight is 432 g/mol. The Hall–Kier alpha value is -2.73. The highest BCUT2D eigenvalue weighted by molar-refractivity contribution is 5.95. The van der Waals surface area contributed by atoms with E-state index in [0.717, 1.165) is 0 Å². The van der Waals surface area contributed by atoms with Crippen LogP contribution in [0, 0.1) is 11.8 Å². The highest BCUT2D eigenvalue weighted by Gasteiger charge is 2.32. The quantitative estimate of drug-likeness (QED) is 0.172. The first kappa shape index (κ1) is 27.3. The van der Waals surface area contributed by atoms with Crippen molar-refractivity contribution in [3.63, 3.8) is 0 Å². The summed E-state index contributed by atoms with van der Waals surface area (Å²) in [6.07, 6.45) is -0.638. The van der Waals surface area contributed by atoms with Crippen LogP contribution in [0.3, 0.4) is 0 Å². The Morgan fingerprint density at radius 2 is 1.27 bits per heavy atom. The van der Waals surface area contributed by atoms with E-state index in [1.165, 1.54) is 0 Å². The summed E-state index contributed by atoms with van der Waals surface area (Å²) in [5.74, 6) is -5.69. The second kappa shape index (κ2) is 12.8. The van der Waals surface area contributed by atoms with Crippen LogP contribution in [0.4, 0.5) is 0 Å². The van der Waals surface area contributed by atoms with Gasteiger partial charge in [0, 0.05) is 0 Å². The standard InChI is InChI=1S/C18H32N4O8/c1-8(2)5-10(15(26)22-12(7-23)18(29)30)20-16(27)11(6-13(24)25)21-17(28)14(19)9(3)4/h8-12,14,23H,5-7,19H2,1-4H3,(H,20,27)(H,21,28)(H,22,26)(H,24,25)(H,29,30). The van der Waals surface area contributed by atoms with Crippen LogP contribution >= 0.6 is 0 Å². The zero-order valence-electron chi connectivity index (χ0n) is 17.5. The molecule has 0 saturated heterocycles. The molecule has 0 aromatic carbocycles. The molecule has 0 aromatic heterocycles. The van der Waals surface area contributed by atoms with Crippen molar-refractivity contribution in [1.29, 1.82) is 0 Å². The Labute approximate surface area is 174 Å². The molecule has 4 atom stereocenters. The van der Waals surface area contributed by atoms with Gasteiger partial charge in [-0.05, 0) is 18.3 Å². The Bertz CT molecular complexity index is 638. The number of carboxylic acid groups (broad SMARTS) is 2. The molecule has 30 heavy (non-hydrogen) atoms. The van der Waals surface area contributed by atoms with Gasteiger partial charge in [-0.15, -0.1) is 0 Å². The van der Waals surface area contributed by atoms with Crippen LogP contribution in [0.1, 0.15) is 40.5 Å². The maximum atomic E-state index is 12.6. The smallest absolute Gasteiger partial charge is 0.328 e. The fourth-order valence-electron chi connectivity index (χ4n) is 2.39. The number of amides is 3. The summed E-state index contributed by atoms with van der Waals surface area (Å²) < 4.78 is 0. The molecule has 0 aliphatic carbocycles. The third kappa shape index (κ3) is 9.65. The molecular formula is C18H32N4O8. The minimum atomic E-state index is -1.57. The van der Waals surface area contributed by atoms with Crippen molar-refractivity contribution in [2.75, 3.05) is 6.61 Å². The van der Waals surface area contributed by atoms with E-state index in [2.05, 4.69) is 16.0 Å². The van der Waals surface area contributed by atoms with E-state index in [4.69, 9.17) is 21.1 Å². The fourth-order valence-corrected chi connectivity index (χ4v) is 2.39. The lowest BCUT2D eigenvalue weighted by Crippen LogP contribution is -2.58. The topological polar surface area (TPSA) is 208 Å². The molecule has 3 amide bonds. The molecule has 0 bridgehead atoms. The van der Waals surface area contributed by atoms with E-state index in [0.29, 0.717) is 0 Å². The average Bonchev–Trinajstić information content (AvgIpc) is 2.62. The first-order valence-electron chi connectivity index (χ1n) is 9.52. The molecule has 0 aliphatic heterocycles. The largest absolute Gasteiger partial charge is 0.481 e. The number of aliphatic carboxylic acids is 2. The van der Waals surface area contributed by atoms with Gasteiger partial charge in [-0.3, -0.25) is 19.2 Å². The van der Waals surface area contributed by atoms with Crippen LogP contribution in [0.5, 0.6) is 0 Å². The number of hydrogen-bond acceptors (Lipinski definition) is 7. The van der Waals surface area contributed by atoms with Gasteiger partial charge in [-0.1, -0.05) is 27.7 Å². The molecule has 4 unspecified atom stereocenters. The number of aliphatic hydroxyl groups excluding tert-OH is 1. The molecule has 0 heterocycles. The third-order valence-electron chi connectivity index (χ3n) is 4.17. The van der Waals surface area contributed by atoms with Crippen LogP contribution in [0.15, 0.2) is 0 Å². The highest BCUT2D eigenvalue weighted by atomic mass is 16.4. The van der Waals surface area contributed by atoms with Crippen LogP contribution in [0.2, 0.25) is 0 Å². The van der Waals surface area contributed by atoms with Crippen LogP contribution < -0.4 is 21.7 Å². The van der Waals surface area contributed by atoms with Gasteiger partial charge >= 0.3 is 11.9 Å². The van der Waals surface area contributed by atoms with Gasteiger partial charge in [-0.2, -0.15) is 0 Å². The van der Waals surface area contributed by atoms with Crippen molar-refractivity contribution in [2.45, 2.75) is 64.7 Å². The first-order chi connectivity index (χ1) is 13.8. The number of rotatable bonds is 13. The van der Waals surface area contributed by atoms with Crippen LogP contribution in [-0.4, -0.2) is 75.8 Å². The van der Waals surface area contributed by atoms with Crippen LogP contribution in [0.25, 0.3) is 0 Å². The van der Waals surface area contributed by atoms with E-state index in [1.54, 1.807) is 27.7 Å². The highest BCUT2D eigenvalue weighted by Crippen LogP contribution is 2.07. The molecule has 0 aromatic rings. The van der Waals surface area contributed by atoms with Gasteiger partial charge in [0.25, 0.3) is 0 Å². The van der Waals surface area contributed by atoms with Gasteiger partial charge in [0.2, 0.25) is 17.7 Å². The molecule has 12 heteroatoms. The normalized spacial score (nSPS) is 15.1. The van der Waals surface area contributed by atoms with Crippen molar-refractivity contribution in [3.05, 3.63) is 0 Å². The molecule has 0 radical (unpaired) electrons. The lowest BCUT2D eigenvalue weighted by molar-refractivity contribution is -0.144. The van der Waals surface area contributed by atoms with Crippen molar-refractivity contribution < 1.29 is 39.3 Å². The molecule has 172 valence electrons. The summed E-state index contributed by atoms with van der Waals surface area (Å²) in [6.45, 7) is 6.02. The van der Waals surface area contributed by atoms with Gasteiger partial charge < -0.3 is 37.0 Å². The number of aliphatic hydroxyl groups is 1. The molecular weight excluding hydrogens is 400 g/mol. The molecule has 0 spiro atoms. The lowest BCUT2D eigenvalue weighted by atomic mass is 10.0. The molecule has 0 aliphatic rings. The van der Waals surface area contributed by atoms with Gasteiger partial charge in [0.1, 0.15) is 18.1 Å². The number of carbonyl (C=O) groups excluding carboxylic acids is 3. The summed E-state index contributed by atoms with van der Waals surface area (Å²) >= 11 is 0. The second-order valence-electron chi connectivity index (χ2n) is 7.70. The Morgan fingerprint density at radius 3 is 1.67 bits per heavy atom. The molecule has 0 saturated carbocycles. The summed E-state index contributed by atoms with van der Waals surface area (Å²) in [4.78, 5) is 59.3. The number of carboxylic acids is 2. The second-order valence-corrected chi connectivity index (χ2v) is 7.70. The lowest BCUT2D eigenvalue weighted by Gasteiger charge is -2.25. The van der Waals surface area contributed by atoms with E-state index in [9.17, 15) is 24.0 Å².